The Kier molecular flexibility index (Phi) is 4.60. The molecule has 4 amide bonds. The van der Waals surface area contributed by atoms with Crippen LogP contribution in [0.4, 0.5) is 4.39 Å². The Morgan fingerprint density at radius 2 is 1.77 bits per heavy atom. The second kappa shape index (κ2) is 7.18. The maximum Gasteiger partial charge on any atom is 0.255 e. The maximum atomic E-state index is 14.4. The fourth-order valence-corrected chi connectivity index (χ4v) is 5.02. The van der Waals surface area contributed by atoms with Crippen molar-refractivity contribution in [3.63, 3.8) is 0 Å². The molecule has 1 aromatic rings. The van der Waals surface area contributed by atoms with E-state index in [1.807, 2.05) is 4.90 Å². The predicted molar refractivity (Wildman–Crippen MR) is 104 cm³/mol. The highest BCUT2D eigenvalue weighted by molar-refractivity contribution is 6.05. The molecule has 1 unspecified atom stereocenters. The van der Waals surface area contributed by atoms with E-state index in [1.165, 1.54) is 17.0 Å². The summed E-state index contributed by atoms with van der Waals surface area (Å²) in [6.07, 6.45) is 3.90. The lowest BCUT2D eigenvalue weighted by molar-refractivity contribution is -0.137. The van der Waals surface area contributed by atoms with Gasteiger partial charge in [-0.25, -0.2) is 4.39 Å². The number of nitrogens with zero attached hydrogens (tertiary/aromatic N) is 2. The van der Waals surface area contributed by atoms with Gasteiger partial charge in [0.25, 0.3) is 5.91 Å². The van der Waals surface area contributed by atoms with Gasteiger partial charge in [-0.15, -0.1) is 0 Å². The maximum absolute atomic E-state index is 14.4. The van der Waals surface area contributed by atoms with Crippen molar-refractivity contribution in [2.24, 2.45) is 5.92 Å². The Morgan fingerprint density at radius 1 is 1.03 bits per heavy atom. The fourth-order valence-electron chi connectivity index (χ4n) is 5.02. The Balaban J connectivity index is 1.36. The molecule has 0 spiro atoms. The highest BCUT2D eigenvalue weighted by Crippen LogP contribution is 2.39. The summed E-state index contributed by atoms with van der Waals surface area (Å²) < 4.78 is 14.4. The summed E-state index contributed by atoms with van der Waals surface area (Å²) in [5, 5.41) is 2.29. The van der Waals surface area contributed by atoms with Crippen LogP contribution in [0.2, 0.25) is 0 Å². The van der Waals surface area contributed by atoms with Crippen molar-refractivity contribution in [3.8, 4) is 0 Å². The van der Waals surface area contributed by atoms with E-state index in [4.69, 9.17) is 0 Å². The first-order valence-corrected chi connectivity index (χ1v) is 10.7. The van der Waals surface area contributed by atoms with Crippen LogP contribution >= 0.6 is 0 Å². The second-order valence-electron chi connectivity index (χ2n) is 8.79. The second-order valence-corrected chi connectivity index (χ2v) is 8.79. The van der Waals surface area contributed by atoms with Crippen molar-refractivity contribution in [2.45, 2.75) is 57.0 Å². The molecule has 3 fully saturated rings. The van der Waals surface area contributed by atoms with Crippen LogP contribution in [0.25, 0.3) is 0 Å². The molecule has 5 rings (SSSR count). The van der Waals surface area contributed by atoms with Gasteiger partial charge in [-0.05, 0) is 61.3 Å². The van der Waals surface area contributed by atoms with Gasteiger partial charge in [-0.3, -0.25) is 24.5 Å². The SMILES string of the molecule is O=C1CCC(N2Cc3c(cc(F)cc3C3CCN(C(=O)C4CC4)CC3)C2=O)C(=O)N1. The Hall–Kier alpha value is -2.77. The van der Waals surface area contributed by atoms with Crippen molar-refractivity contribution in [3.05, 3.63) is 34.6 Å². The minimum absolute atomic E-state index is 0.0761. The average Bonchev–Trinajstić information content (AvgIpc) is 3.53. The zero-order valence-corrected chi connectivity index (χ0v) is 16.7. The number of rotatable bonds is 3. The van der Waals surface area contributed by atoms with Crippen LogP contribution < -0.4 is 5.32 Å². The van der Waals surface area contributed by atoms with Crippen molar-refractivity contribution in [2.75, 3.05) is 13.1 Å². The Morgan fingerprint density at radius 3 is 2.43 bits per heavy atom. The number of imide groups is 1. The van der Waals surface area contributed by atoms with Gasteiger partial charge in [0.15, 0.2) is 0 Å². The van der Waals surface area contributed by atoms with E-state index in [9.17, 15) is 23.6 Å². The minimum Gasteiger partial charge on any atom is -0.342 e. The van der Waals surface area contributed by atoms with Crippen molar-refractivity contribution < 1.29 is 23.6 Å². The molecule has 3 aliphatic heterocycles. The normalized spacial score (nSPS) is 24.8. The number of hydrogen-bond acceptors (Lipinski definition) is 4. The molecule has 0 aromatic heterocycles. The summed E-state index contributed by atoms with van der Waals surface area (Å²) in [6.45, 7) is 1.55. The molecule has 0 radical (unpaired) electrons. The van der Waals surface area contributed by atoms with E-state index in [-0.39, 0.29) is 48.9 Å². The highest BCUT2D eigenvalue weighted by Gasteiger charge is 2.41. The van der Waals surface area contributed by atoms with Crippen LogP contribution in [-0.2, 0) is 20.9 Å². The van der Waals surface area contributed by atoms with Crippen molar-refractivity contribution in [1.29, 1.82) is 0 Å². The number of benzene rings is 1. The number of nitrogens with one attached hydrogen (secondary N) is 1. The largest absolute Gasteiger partial charge is 0.342 e. The zero-order valence-electron chi connectivity index (χ0n) is 16.7. The first-order valence-electron chi connectivity index (χ1n) is 10.7. The number of carbonyl (C=O) groups is 4. The molecule has 1 aromatic carbocycles. The van der Waals surface area contributed by atoms with Crippen LogP contribution in [0.5, 0.6) is 0 Å². The molecule has 30 heavy (non-hydrogen) atoms. The summed E-state index contributed by atoms with van der Waals surface area (Å²) in [4.78, 5) is 52.4. The molecule has 7 nitrogen and oxygen atoms in total. The number of amides is 4. The molecule has 1 N–H and O–H groups in total. The number of halogens is 1. The highest BCUT2D eigenvalue weighted by atomic mass is 19.1. The molecular formula is C22H24FN3O4. The van der Waals surface area contributed by atoms with Crippen LogP contribution in [0.1, 0.15) is 65.9 Å². The van der Waals surface area contributed by atoms with Crippen LogP contribution in [-0.4, -0.2) is 52.6 Å². The summed E-state index contributed by atoms with van der Waals surface area (Å²) in [5.41, 5.74) is 1.90. The van der Waals surface area contributed by atoms with E-state index >= 15 is 0 Å². The van der Waals surface area contributed by atoms with Gasteiger partial charge in [0.1, 0.15) is 11.9 Å². The van der Waals surface area contributed by atoms with Crippen LogP contribution in [0.3, 0.4) is 0 Å². The molecule has 0 bridgehead atoms. The third-order valence-electron chi connectivity index (χ3n) is 6.83. The molecule has 3 heterocycles. The van der Waals surface area contributed by atoms with E-state index in [1.54, 1.807) is 0 Å². The Bertz CT molecular complexity index is 950. The first kappa shape index (κ1) is 19.2. The third kappa shape index (κ3) is 3.28. The fraction of sp³-hybridized carbons (Fsp3) is 0.545. The van der Waals surface area contributed by atoms with E-state index < -0.39 is 17.8 Å². The molecule has 8 heteroatoms. The van der Waals surface area contributed by atoms with Gasteiger partial charge < -0.3 is 9.80 Å². The third-order valence-corrected chi connectivity index (χ3v) is 6.83. The van der Waals surface area contributed by atoms with E-state index in [2.05, 4.69) is 5.32 Å². The van der Waals surface area contributed by atoms with Crippen molar-refractivity contribution >= 4 is 23.6 Å². The summed E-state index contributed by atoms with van der Waals surface area (Å²) in [5.74, 6) is -1.12. The number of piperidine rings is 2. The van der Waals surface area contributed by atoms with E-state index in [0.29, 0.717) is 18.7 Å². The molecule has 1 atom stereocenters. The van der Waals surface area contributed by atoms with Crippen molar-refractivity contribution in [1.82, 2.24) is 15.1 Å². The molecule has 1 saturated carbocycles. The van der Waals surface area contributed by atoms with Gasteiger partial charge in [0.05, 0.1) is 0 Å². The average molecular weight is 413 g/mol. The molecule has 2 saturated heterocycles. The van der Waals surface area contributed by atoms with Gasteiger partial charge in [-0.2, -0.15) is 0 Å². The monoisotopic (exact) mass is 413 g/mol. The summed E-state index contributed by atoms with van der Waals surface area (Å²) >= 11 is 0. The lowest BCUT2D eigenvalue weighted by Crippen LogP contribution is -2.52. The quantitative estimate of drug-likeness (QED) is 0.765. The van der Waals surface area contributed by atoms with Gasteiger partial charge in [0.2, 0.25) is 17.7 Å². The number of carbonyl (C=O) groups excluding carboxylic acids is 4. The topological polar surface area (TPSA) is 86.8 Å². The van der Waals surface area contributed by atoms with Gasteiger partial charge >= 0.3 is 0 Å². The molecule has 1 aliphatic carbocycles. The van der Waals surface area contributed by atoms with Crippen LogP contribution in [0.15, 0.2) is 12.1 Å². The number of fused-ring (bicyclic) bond motifs is 1. The summed E-state index contributed by atoms with van der Waals surface area (Å²) in [7, 11) is 0. The van der Waals surface area contributed by atoms with Gasteiger partial charge in [0, 0.05) is 37.5 Å². The standard InChI is InChI=1S/C22H24FN3O4/c23-14-9-15(12-5-7-25(8-6-12)21(29)13-1-2-13)17-11-26(22(30)16(17)10-14)18-3-4-19(27)24-20(18)28/h9-10,12-13,18H,1-8,11H2,(H,24,27,28). The Labute approximate surface area is 173 Å². The number of hydrogen-bond donors (Lipinski definition) is 1. The first-order chi connectivity index (χ1) is 14.4. The zero-order chi connectivity index (χ0) is 21.0. The number of likely N-dealkylation sites (tertiary alicyclic amines) is 1. The summed E-state index contributed by atoms with van der Waals surface area (Å²) in [6, 6.07) is 2.04. The lowest BCUT2D eigenvalue weighted by Gasteiger charge is -2.33. The lowest BCUT2D eigenvalue weighted by atomic mass is 9.85. The molecule has 158 valence electrons. The minimum atomic E-state index is -0.712. The smallest absolute Gasteiger partial charge is 0.255 e. The van der Waals surface area contributed by atoms with Crippen LogP contribution in [0, 0.1) is 11.7 Å². The van der Waals surface area contributed by atoms with Gasteiger partial charge in [-0.1, -0.05) is 0 Å². The van der Waals surface area contributed by atoms with E-state index in [0.717, 1.165) is 36.8 Å². The molecule has 4 aliphatic rings. The molecular weight excluding hydrogens is 389 g/mol. The predicted octanol–water partition coefficient (Wildman–Crippen LogP) is 1.70.